The van der Waals surface area contributed by atoms with Crippen LogP contribution in [0.3, 0.4) is 0 Å². The zero-order valence-electron chi connectivity index (χ0n) is 25.0. The van der Waals surface area contributed by atoms with Gasteiger partial charge in [0.1, 0.15) is 5.82 Å². The normalized spacial score (nSPS) is 11.5. The average Bonchev–Trinajstić information content (AvgIpc) is 3.39. The Balaban J connectivity index is 1.44. The van der Waals surface area contributed by atoms with Gasteiger partial charge >= 0.3 is 0 Å². The Morgan fingerprint density at radius 1 is 0.667 bits per heavy atom. The number of anilines is 3. The topological polar surface area (TPSA) is 73.1 Å². The lowest BCUT2D eigenvalue weighted by atomic mass is 10.0. The van der Waals surface area contributed by atoms with Crippen molar-refractivity contribution in [1.29, 1.82) is 0 Å². The molecule has 7 aromatic rings. The quantitative estimate of drug-likeness (QED) is 0.196. The van der Waals surface area contributed by atoms with Crippen LogP contribution in [0.1, 0.15) is 11.3 Å². The van der Waals surface area contributed by atoms with E-state index in [4.69, 9.17) is 16.5 Å². The van der Waals surface area contributed by atoms with Crippen molar-refractivity contribution in [2.75, 3.05) is 17.7 Å². The molecular weight excluding hydrogens is 550 g/mol. The van der Waals surface area contributed by atoms with Gasteiger partial charge in [-0.3, -0.25) is 4.57 Å². The molecule has 0 radical (unpaired) electrons. The van der Waals surface area contributed by atoms with Gasteiger partial charge in [0.25, 0.3) is 0 Å². The van der Waals surface area contributed by atoms with E-state index in [1.54, 1.807) is 0 Å². The number of benzene rings is 5. The minimum atomic E-state index is 0.603. The van der Waals surface area contributed by atoms with Crippen LogP contribution in [0.25, 0.3) is 50.9 Å². The molecule has 0 spiro atoms. The lowest BCUT2D eigenvalue weighted by Crippen LogP contribution is -2.13. The van der Waals surface area contributed by atoms with Crippen molar-refractivity contribution < 1.29 is 0 Å². The fourth-order valence-electron chi connectivity index (χ4n) is 5.88. The Hall–Kier alpha value is -6.07. The monoisotopic (exact) mass is 583 g/mol. The molecule has 0 unspecified atom stereocenters. The van der Waals surface area contributed by atoms with Crippen molar-refractivity contribution >= 4 is 39.7 Å². The number of nitrogen functional groups attached to an aromatic ring is 1. The van der Waals surface area contributed by atoms with E-state index in [1.807, 2.05) is 84.9 Å². The second kappa shape index (κ2) is 11.9. The number of hydrogen-bond donors (Lipinski definition) is 2. The van der Waals surface area contributed by atoms with Crippen molar-refractivity contribution in [3.8, 4) is 28.2 Å². The number of rotatable bonds is 7. The van der Waals surface area contributed by atoms with Gasteiger partial charge in [-0.15, -0.1) is 0 Å². The highest BCUT2D eigenvalue weighted by molar-refractivity contribution is 6.01. The first-order chi connectivity index (χ1) is 22.1. The number of nitrogens with zero attached hydrogens (tertiary/aromatic N) is 3. The van der Waals surface area contributed by atoms with Crippen LogP contribution in [0.4, 0.5) is 17.1 Å². The summed E-state index contributed by atoms with van der Waals surface area (Å²) in [6.45, 7) is 0. The van der Waals surface area contributed by atoms with E-state index in [9.17, 15) is 0 Å². The second-order valence-electron chi connectivity index (χ2n) is 11.0. The van der Waals surface area contributed by atoms with Gasteiger partial charge in [-0.1, -0.05) is 115 Å². The van der Waals surface area contributed by atoms with E-state index in [0.717, 1.165) is 61.7 Å². The Labute approximate surface area is 263 Å². The molecule has 5 heteroatoms. The van der Waals surface area contributed by atoms with Gasteiger partial charge in [-0.25, -0.2) is 4.98 Å². The van der Waals surface area contributed by atoms with Crippen molar-refractivity contribution in [2.45, 2.75) is 0 Å². The predicted octanol–water partition coefficient (Wildman–Crippen LogP) is 9.17. The zero-order chi connectivity index (χ0) is 30.8. The summed E-state index contributed by atoms with van der Waals surface area (Å²) in [7, 11) is 2.05. The minimum absolute atomic E-state index is 0.603. The van der Waals surface area contributed by atoms with E-state index in [-0.39, 0.29) is 0 Å². The SMILES string of the molecule is CN(c1ccccc1)c1ccccc1/C(N)=C/c1c(N)c2ccccc2n1-c1cc(-c2ccccc2)cc(-c2ccccc2)n1. The van der Waals surface area contributed by atoms with Crippen LogP contribution >= 0.6 is 0 Å². The summed E-state index contributed by atoms with van der Waals surface area (Å²) >= 11 is 0. The Morgan fingerprint density at radius 2 is 1.27 bits per heavy atom. The molecule has 0 aliphatic rings. The molecular formula is C40H33N5. The van der Waals surface area contributed by atoms with E-state index < -0.39 is 0 Å². The third-order valence-corrected chi connectivity index (χ3v) is 8.18. The number of fused-ring (bicyclic) bond motifs is 1. The van der Waals surface area contributed by atoms with Gasteiger partial charge in [0.15, 0.2) is 0 Å². The molecule has 0 aliphatic heterocycles. The van der Waals surface area contributed by atoms with Crippen molar-refractivity contribution in [3.63, 3.8) is 0 Å². The molecule has 0 fully saturated rings. The highest BCUT2D eigenvalue weighted by Gasteiger charge is 2.19. The molecule has 5 aromatic carbocycles. The van der Waals surface area contributed by atoms with Gasteiger partial charge in [-0.05, 0) is 53.6 Å². The lowest BCUT2D eigenvalue weighted by Gasteiger charge is -2.23. The summed E-state index contributed by atoms with van der Waals surface area (Å²) in [6, 6.07) is 51.5. The summed E-state index contributed by atoms with van der Waals surface area (Å²) in [5.74, 6) is 0.761. The molecule has 0 amide bonds. The standard InChI is InChI=1S/C40H33N5/c1-44(31-19-9-4-10-20-31)36-23-13-11-21-32(36)34(41)27-38-40(42)33-22-12-14-24-37(33)45(38)39-26-30(28-15-5-2-6-16-28)25-35(43-39)29-17-7-3-8-18-29/h2-27H,41-42H2,1H3/b34-27-. The van der Waals surface area contributed by atoms with Crippen LogP contribution in [0.2, 0.25) is 0 Å². The first-order valence-corrected chi connectivity index (χ1v) is 15.0. The summed E-state index contributed by atoms with van der Waals surface area (Å²) in [5, 5.41) is 0.944. The number of para-hydroxylation sites is 3. The average molecular weight is 584 g/mol. The molecule has 0 bridgehead atoms. The molecule has 45 heavy (non-hydrogen) atoms. The van der Waals surface area contributed by atoms with Gasteiger partial charge in [0.2, 0.25) is 0 Å². The summed E-state index contributed by atoms with van der Waals surface area (Å²) in [4.78, 5) is 7.36. The molecule has 2 heterocycles. The van der Waals surface area contributed by atoms with Crippen molar-refractivity contribution in [2.24, 2.45) is 5.73 Å². The number of nitrogens with two attached hydrogens (primary N) is 2. The number of pyridine rings is 1. The van der Waals surface area contributed by atoms with Crippen LogP contribution in [0.5, 0.6) is 0 Å². The lowest BCUT2D eigenvalue weighted by molar-refractivity contribution is 1.04. The fraction of sp³-hybridized carbons (Fsp3) is 0.0250. The maximum atomic E-state index is 6.97. The van der Waals surface area contributed by atoms with E-state index in [0.29, 0.717) is 11.4 Å². The van der Waals surface area contributed by atoms with E-state index >= 15 is 0 Å². The van der Waals surface area contributed by atoms with Crippen LogP contribution in [-0.4, -0.2) is 16.6 Å². The van der Waals surface area contributed by atoms with Gasteiger partial charge < -0.3 is 16.4 Å². The summed E-state index contributed by atoms with van der Waals surface area (Å²) in [6.07, 6.45) is 1.98. The molecule has 0 atom stereocenters. The number of hydrogen-bond acceptors (Lipinski definition) is 4. The Kier molecular flexibility index (Phi) is 7.34. The summed E-state index contributed by atoms with van der Waals surface area (Å²) in [5.41, 5.74) is 24.0. The Bertz CT molecular complexity index is 2070. The predicted molar refractivity (Wildman–Crippen MR) is 189 cm³/mol. The molecule has 0 saturated heterocycles. The highest BCUT2D eigenvalue weighted by Crippen LogP contribution is 2.37. The molecule has 218 valence electrons. The van der Waals surface area contributed by atoms with Crippen LogP contribution in [0, 0.1) is 0 Å². The van der Waals surface area contributed by atoms with Crippen molar-refractivity contribution in [3.05, 3.63) is 163 Å². The van der Waals surface area contributed by atoms with E-state index in [1.165, 1.54) is 0 Å². The first-order valence-electron chi connectivity index (χ1n) is 15.0. The maximum absolute atomic E-state index is 6.97. The van der Waals surface area contributed by atoms with Crippen LogP contribution < -0.4 is 16.4 Å². The summed E-state index contributed by atoms with van der Waals surface area (Å²) < 4.78 is 2.12. The highest BCUT2D eigenvalue weighted by atomic mass is 15.1. The molecule has 0 saturated carbocycles. The van der Waals surface area contributed by atoms with Crippen LogP contribution in [-0.2, 0) is 0 Å². The fourth-order valence-corrected chi connectivity index (χ4v) is 5.88. The molecule has 2 aromatic heterocycles. The van der Waals surface area contributed by atoms with Gasteiger partial charge in [0, 0.05) is 34.9 Å². The minimum Gasteiger partial charge on any atom is -0.398 e. The molecule has 5 nitrogen and oxygen atoms in total. The molecule has 7 rings (SSSR count). The smallest absolute Gasteiger partial charge is 0.138 e. The second-order valence-corrected chi connectivity index (χ2v) is 11.0. The molecule has 0 aliphatic carbocycles. The van der Waals surface area contributed by atoms with E-state index in [2.05, 4.69) is 89.3 Å². The first kappa shape index (κ1) is 27.7. The van der Waals surface area contributed by atoms with Gasteiger partial charge in [0.05, 0.1) is 28.3 Å². The zero-order valence-corrected chi connectivity index (χ0v) is 25.0. The Morgan fingerprint density at radius 3 is 2.00 bits per heavy atom. The largest absolute Gasteiger partial charge is 0.398 e. The molecule has 4 N–H and O–H groups in total. The third-order valence-electron chi connectivity index (χ3n) is 8.18. The third kappa shape index (κ3) is 5.32. The van der Waals surface area contributed by atoms with Crippen LogP contribution in [0.15, 0.2) is 152 Å². The maximum Gasteiger partial charge on any atom is 0.138 e. The van der Waals surface area contributed by atoms with Gasteiger partial charge in [-0.2, -0.15) is 0 Å². The number of aromatic nitrogens is 2. The van der Waals surface area contributed by atoms with Crippen molar-refractivity contribution in [1.82, 2.24) is 9.55 Å².